The third kappa shape index (κ3) is 3.88. The molecule has 0 radical (unpaired) electrons. The molecule has 0 fully saturated rings. The number of ether oxygens (including phenoxy) is 1. The summed E-state index contributed by atoms with van der Waals surface area (Å²) in [6, 6.07) is 10.8. The molecule has 0 bridgehead atoms. The number of rotatable bonds is 4. The first-order valence-corrected chi connectivity index (χ1v) is 8.25. The number of hydrogen-bond acceptors (Lipinski definition) is 5. The molecule has 3 aromatic rings. The zero-order valence-corrected chi connectivity index (χ0v) is 14.0. The van der Waals surface area contributed by atoms with Gasteiger partial charge in [0, 0.05) is 27.7 Å². The van der Waals surface area contributed by atoms with Crippen LogP contribution in [0, 0.1) is 0 Å². The number of nitrogens with zero attached hydrogens (tertiary/aromatic N) is 2. The van der Waals surface area contributed by atoms with Crippen LogP contribution in [0.2, 0.25) is 10.2 Å². The Labute approximate surface area is 146 Å². The van der Waals surface area contributed by atoms with Crippen molar-refractivity contribution in [3.8, 4) is 10.6 Å². The first-order valence-electron chi connectivity index (χ1n) is 6.61. The van der Waals surface area contributed by atoms with E-state index < -0.39 is 5.97 Å². The smallest absolute Gasteiger partial charge is 0.358 e. The van der Waals surface area contributed by atoms with Crippen molar-refractivity contribution in [3.05, 3.63) is 69.4 Å². The Morgan fingerprint density at radius 2 is 2.09 bits per heavy atom. The second kappa shape index (κ2) is 7.08. The minimum Gasteiger partial charge on any atom is -0.456 e. The Morgan fingerprint density at radius 3 is 2.87 bits per heavy atom. The van der Waals surface area contributed by atoms with Gasteiger partial charge in [0.05, 0.1) is 0 Å². The maximum absolute atomic E-state index is 12.1. The molecule has 0 N–H and O–H groups in total. The summed E-state index contributed by atoms with van der Waals surface area (Å²) in [6.07, 6.45) is 1.57. The van der Waals surface area contributed by atoms with E-state index in [1.165, 1.54) is 11.3 Å². The lowest BCUT2D eigenvalue weighted by atomic mass is 10.2. The highest BCUT2D eigenvalue weighted by Crippen LogP contribution is 2.26. The van der Waals surface area contributed by atoms with Gasteiger partial charge in [0.15, 0.2) is 5.69 Å². The van der Waals surface area contributed by atoms with Crippen molar-refractivity contribution in [2.45, 2.75) is 6.61 Å². The molecule has 1 aromatic carbocycles. The highest BCUT2D eigenvalue weighted by molar-refractivity contribution is 7.13. The van der Waals surface area contributed by atoms with Crippen LogP contribution in [0.3, 0.4) is 0 Å². The molecule has 116 valence electrons. The van der Waals surface area contributed by atoms with Crippen LogP contribution in [-0.2, 0) is 11.3 Å². The Kier molecular flexibility index (Phi) is 4.91. The summed E-state index contributed by atoms with van der Waals surface area (Å²) in [5.74, 6) is -0.505. The molecule has 0 aliphatic carbocycles. The Hall–Kier alpha value is -1.95. The molecule has 4 nitrogen and oxygen atoms in total. The van der Waals surface area contributed by atoms with Gasteiger partial charge in [0.1, 0.15) is 16.8 Å². The maximum atomic E-state index is 12.1. The van der Waals surface area contributed by atoms with E-state index in [-0.39, 0.29) is 12.3 Å². The van der Waals surface area contributed by atoms with Gasteiger partial charge < -0.3 is 4.74 Å². The van der Waals surface area contributed by atoms with Gasteiger partial charge in [-0.3, -0.25) is 0 Å². The Bertz CT molecular complexity index is 851. The molecular weight excluding hydrogens is 355 g/mol. The van der Waals surface area contributed by atoms with Crippen LogP contribution in [0.1, 0.15) is 16.1 Å². The van der Waals surface area contributed by atoms with Crippen molar-refractivity contribution in [2.24, 2.45) is 0 Å². The fourth-order valence-corrected chi connectivity index (χ4v) is 3.02. The van der Waals surface area contributed by atoms with Crippen LogP contribution in [-0.4, -0.2) is 15.9 Å². The number of esters is 1. The van der Waals surface area contributed by atoms with Crippen molar-refractivity contribution in [2.75, 3.05) is 0 Å². The molecule has 0 aliphatic heterocycles. The van der Waals surface area contributed by atoms with Gasteiger partial charge >= 0.3 is 5.97 Å². The second-order valence-electron chi connectivity index (χ2n) is 4.58. The second-order valence-corrected chi connectivity index (χ2v) is 6.23. The van der Waals surface area contributed by atoms with Crippen molar-refractivity contribution in [3.63, 3.8) is 0 Å². The van der Waals surface area contributed by atoms with Crippen molar-refractivity contribution in [1.82, 2.24) is 9.97 Å². The zero-order chi connectivity index (χ0) is 16.2. The number of carbonyl (C=O) groups excluding carboxylic acids is 1. The fraction of sp³-hybridized carbons (Fsp3) is 0.0625. The van der Waals surface area contributed by atoms with Crippen LogP contribution in [0.4, 0.5) is 0 Å². The van der Waals surface area contributed by atoms with E-state index in [9.17, 15) is 4.79 Å². The summed E-state index contributed by atoms with van der Waals surface area (Å²) in [4.78, 5) is 20.3. The molecule has 3 rings (SSSR count). The quantitative estimate of drug-likeness (QED) is 0.489. The first-order chi connectivity index (χ1) is 11.1. The summed E-state index contributed by atoms with van der Waals surface area (Å²) < 4.78 is 5.22. The van der Waals surface area contributed by atoms with E-state index in [2.05, 4.69) is 9.97 Å². The number of thiazole rings is 1. The highest BCUT2D eigenvalue weighted by Gasteiger charge is 2.14. The first kappa shape index (κ1) is 15.9. The fourth-order valence-electron chi connectivity index (χ4n) is 1.87. The standard InChI is InChI=1S/C16H10Cl2N2O2S/c17-12-5-1-3-10(7-12)15-20-13(9-23-15)16(21)22-8-11-4-2-6-19-14(11)18/h1-7,9H,8H2. The van der Waals surface area contributed by atoms with Gasteiger partial charge in [0.25, 0.3) is 0 Å². The lowest BCUT2D eigenvalue weighted by molar-refractivity contribution is 0.0466. The Balaban J connectivity index is 1.70. The van der Waals surface area contributed by atoms with E-state index in [1.807, 2.05) is 12.1 Å². The summed E-state index contributed by atoms with van der Waals surface area (Å²) in [6.45, 7) is 0.0511. The Morgan fingerprint density at radius 1 is 1.22 bits per heavy atom. The molecule has 2 heterocycles. The number of halogens is 2. The third-order valence-electron chi connectivity index (χ3n) is 2.98. The van der Waals surface area contributed by atoms with Crippen LogP contribution >= 0.6 is 34.5 Å². The van der Waals surface area contributed by atoms with Crippen molar-refractivity contribution in [1.29, 1.82) is 0 Å². The molecule has 7 heteroatoms. The van der Waals surface area contributed by atoms with Crippen LogP contribution < -0.4 is 0 Å². The number of benzene rings is 1. The van der Waals surface area contributed by atoms with Gasteiger partial charge in [-0.2, -0.15) is 0 Å². The number of hydrogen-bond donors (Lipinski definition) is 0. The molecule has 2 aromatic heterocycles. The summed E-state index contributed by atoms with van der Waals surface area (Å²) in [7, 11) is 0. The van der Waals surface area contributed by atoms with Crippen molar-refractivity contribution < 1.29 is 9.53 Å². The predicted molar refractivity (Wildman–Crippen MR) is 90.9 cm³/mol. The molecule has 0 saturated heterocycles. The number of pyridine rings is 1. The molecule has 0 atom stereocenters. The number of aromatic nitrogens is 2. The number of carbonyl (C=O) groups is 1. The largest absolute Gasteiger partial charge is 0.456 e. The lowest BCUT2D eigenvalue weighted by Gasteiger charge is -2.04. The SMILES string of the molecule is O=C(OCc1cccnc1Cl)c1csc(-c2cccc(Cl)c2)n1. The van der Waals surface area contributed by atoms with Gasteiger partial charge in [-0.25, -0.2) is 14.8 Å². The minimum absolute atomic E-state index is 0.0511. The van der Waals surface area contributed by atoms with E-state index in [1.54, 1.807) is 35.8 Å². The molecule has 0 aliphatic rings. The average molecular weight is 365 g/mol. The van der Waals surface area contributed by atoms with E-state index in [0.29, 0.717) is 20.7 Å². The van der Waals surface area contributed by atoms with E-state index in [4.69, 9.17) is 27.9 Å². The minimum atomic E-state index is -0.505. The van der Waals surface area contributed by atoms with Crippen LogP contribution in [0.15, 0.2) is 48.0 Å². The van der Waals surface area contributed by atoms with Crippen molar-refractivity contribution >= 4 is 40.5 Å². The lowest BCUT2D eigenvalue weighted by Crippen LogP contribution is -2.06. The predicted octanol–water partition coefficient (Wildman–Crippen LogP) is 4.87. The summed E-state index contributed by atoms with van der Waals surface area (Å²) in [5, 5.41) is 3.30. The normalized spacial score (nSPS) is 10.5. The van der Waals surface area contributed by atoms with Gasteiger partial charge in [-0.1, -0.05) is 41.4 Å². The summed E-state index contributed by atoms with van der Waals surface area (Å²) >= 11 is 13.2. The molecule has 0 saturated carbocycles. The maximum Gasteiger partial charge on any atom is 0.358 e. The van der Waals surface area contributed by atoms with Crippen LogP contribution in [0.25, 0.3) is 10.6 Å². The van der Waals surface area contributed by atoms with Gasteiger partial charge in [-0.05, 0) is 18.2 Å². The monoisotopic (exact) mass is 364 g/mol. The van der Waals surface area contributed by atoms with E-state index >= 15 is 0 Å². The molecule has 0 unspecified atom stereocenters. The van der Waals surface area contributed by atoms with Gasteiger partial charge in [-0.15, -0.1) is 11.3 Å². The molecular formula is C16H10Cl2N2O2S. The summed E-state index contributed by atoms with van der Waals surface area (Å²) in [5.41, 5.74) is 1.76. The van der Waals surface area contributed by atoms with E-state index in [0.717, 1.165) is 5.56 Å². The zero-order valence-electron chi connectivity index (χ0n) is 11.7. The molecule has 0 amide bonds. The highest BCUT2D eigenvalue weighted by atomic mass is 35.5. The average Bonchev–Trinajstić information content (AvgIpc) is 3.04. The molecule has 0 spiro atoms. The van der Waals surface area contributed by atoms with Gasteiger partial charge in [0.2, 0.25) is 0 Å². The topological polar surface area (TPSA) is 52.1 Å². The third-order valence-corrected chi connectivity index (χ3v) is 4.45. The van der Waals surface area contributed by atoms with Crippen LogP contribution in [0.5, 0.6) is 0 Å². The molecule has 23 heavy (non-hydrogen) atoms.